The first-order chi connectivity index (χ1) is 12.1. The van der Waals surface area contributed by atoms with Crippen LogP contribution in [0, 0.1) is 6.92 Å². The van der Waals surface area contributed by atoms with E-state index >= 15 is 0 Å². The summed E-state index contributed by atoms with van der Waals surface area (Å²) in [6.45, 7) is 6.17. The number of nitrogens with zero attached hydrogens (tertiary/aromatic N) is 5. The Bertz CT molecular complexity index is 826. The molecule has 0 fully saturated rings. The van der Waals surface area contributed by atoms with Crippen molar-refractivity contribution >= 4 is 11.8 Å². The van der Waals surface area contributed by atoms with Gasteiger partial charge < -0.3 is 10.4 Å². The fraction of sp³-hybridized carbons (Fsp3) is 0.412. The number of hydrogen-bond acceptors (Lipinski definition) is 7. The zero-order valence-corrected chi connectivity index (χ0v) is 15.5. The summed E-state index contributed by atoms with van der Waals surface area (Å²) in [5.74, 6) is 8.13. The molecule has 2 aromatic heterocycles. The summed E-state index contributed by atoms with van der Waals surface area (Å²) >= 11 is 1.45. The lowest BCUT2D eigenvalue weighted by atomic mass is 10.1. The van der Waals surface area contributed by atoms with Gasteiger partial charge in [0.2, 0.25) is 11.0 Å². The van der Waals surface area contributed by atoms with Crippen LogP contribution in [0.15, 0.2) is 33.9 Å². The van der Waals surface area contributed by atoms with E-state index in [-0.39, 0.29) is 5.25 Å². The molecular formula is C17H22N6OS. The first-order valence-corrected chi connectivity index (χ1v) is 9.23. The number of thioether (sulfide) groups is 1. The lowest BCUT2D eigenvalue weighted by Gasteiger charge is -2.06. The smallest absolute Gasteiger partial charge is 0.239 e. The molecule has 0 aliphatic rings. The number of nitrogen functional groups attached to an aromatic ring is 1. The highest BCUT2D eigenvalue weighted by molar-refractivity contribution is 7.99. The second-order valence-corrected chi connectivity index (χ2v) is 7.26. The quantitative estimate of drug-likeness (QED) is 0.509. The van der Waals surface area contributed by atoms with Crippen LogP contribution in [0.5, 0.6) is 0 Å². The topological polar surface area (TPSA) is 95.7 Å². The van der Waals surface area contributed by atoms with E-state index in [9.17, 15) is 0 Å². The molecule has 1 unspecified atom stereocenters. The predicted octanol–water partition coefficient (Wildman–Crippen LogP) is 3.55. The molecule has 0 amide bonds. The van der Waals surface area contributed by atoms with Crippen LogP contribution in [0.4, 0.5) is 0 Å². The van der Waals surface area contributed by atoms with Crippen molar-refractivity contribution < 1.29 is 4.52 Å². The van der Waals surface area contributed by atoms with E-state index in [4.69, 9.17) is 10.4 Å². The molecule has 0 aliphatic heterocycles. The number of aryl methyl sites for hydroxylation is 2. The number of benzene rings is 1. The maximum absolute atomic E-state index is 6.17. The first kappa shape index (κ1) is 17.5. The van der Waals surface area contributed by atoms with Gasteiger partial charge in [0.05, 0.1) is 5.25 Å². The predicted molar refractivity (Wildman–Crippen MR) is 97.5 cm³/mol. The third-order valence-electron chi connectivity index (χ3n) is 3.84. The van der Waals surface area contributed by atoms with Crippen molar-refractivity contribution in [1.29, 1.82) is 0 Å². The molecule has 0 radical (unpaired) electrons. The molecule has 132 valence electrons. The Labute approximate surface area is 151 Å². The molecule has 8 heteroatoms. The van der Waals surface area contributed by atoms with Gasteiger partial charge in [-0.1, -0.05) is 60.1 Å². The molecule has 0 aliphatic carbocycles. The van der Waals surface area contributed by atoms with Crippen molar-refractivity contribution in [3.05, 3.63) is 41.5 Å². The molecule has 7 nitrogen and oxygen atoms in total. The molecule has 1 aromatic carbocycles. The number of rotatable bonds is 7. The summed E-state index contributed by atoms with van der Waals surface area (Å²) in [5.41, 5.74) is 2.12. The van der Waals surface area contributed by atoms with Gasteiger partial charge in [0.15, 0.2) is 11.6 Å². The first-order valence-electron chi connectivity index (χ1n) is 8.35. The van der Waals surface area contributed by atoms with E-state index in [0.717, 1.165) is 30.7 Å². The van der Waals surface area contributed by atoms with Crippen LogP contribution in [-0.4, -0.2) is 25.0 Å². The Morgan fingerprint density at radius 2 is 2.00 bits per heavy atom. The summed E-state index contributed by atoms with van der Waals surface area (Å²) < 4.78 is 6.86. The molecule has 2 N–H and O–H groups in total. The van der Waals surface area contributed by atoms with E-state index in [1.165, 1.54) is 22.0 Å². The van der Waals surface area contributed by atoms with Crippen LogP contribution in [0.3, 0.4) is 0 Å². The van der Waals surface area contributed by atoms with Crippen molar-refractivity contribution in [2.45, 2.75) is 50.4 Å². The minimum Gasteiger partial charge on any atom is -0.338 e. The van der Waals surface area contributed by atoms with Gasteiger partial charge in [0, 0.05) is 12.0 Å². The van der Waals surface area contributed by atoms with Crippen LogP contribution < -0.4 is 5.84 Å². The number of unbranched alkanes of at least 4 members (excludes halogenated alkanes) is 1. The lowest BCUT2D eigenvalue weighted by Crippen LogP contribution is -2.12. The minimum absolute atomic E-state index is 0.0553. The van der Waals surface area contributed by atoms with E-state index in [1.54, 1.807) is 0 Å². The van der Waals surface area contributed by atoms with E-state index in [0.29, 0.717) is 16.9 Å². The Kier molecular flexibility index (Phi) is 5.37. The van der Waals surface area contributed by atoms with Crippen LogP contribution in [0.1, 0.15) is 49.2 Å². The number of hydrogen-bond donors (Lipinski definition) is 1. The van der Waals surface area contributed by atoms with Crippen molar-refractivity contribution in [3.63, 3.8) is 0 Å². The van der Waals surface area contributed by atoms with Crippen LogP contribution in [0.2, 0.25) is 0 Å². The van der Waals surface area contributed by atoms with Gasteiger partial charge in [-0.15, -0.1) is 10.2 Å². The van der Waals surface area contributed by atoms with Crippen LogP contribution in [0.25, 0.3) is 11.4 Å². The van der Waals surface area contributed by atoms with Gasteiger partial charge in [-0.3, -0.25) is 0 Å². The van der Waals surface area contributed by atoms with E-state index < -0.39 is 0 Å². The van der Waals surface area contributed by atoms with Crippen molar-refractivity contribution in [1.82, 2.24) is 25.0 Å². The summed E-state index contributed by atoms with van der Waals surface area (Å²) in [6.07, 6.45) is 2.99. The molecule has 25 heavy (non-hydrogen) atoms. The van der Waals surface area contributed by atoms with Gasteiger partial charge in [-0.05, 0) is 20.3 Å². The second kappa shape index (κ2) is 7.69. The standard InChI is InChI=1S/C17H22N6OS/c1-4-5-6-14-19-16(24-22-14)12(3)25-17-21-20-15(23(17)18)13-9-7-11(2)8-10-13/h7-10,12H,4-6,18H2,1-3H3. The van der Waals surface area contributed by atoms with Gasteiger partial charge >= 0.3 is 0 Å². The zero-order valence-electron chi connectivity index (χ0n) is 14.6. The Balaban J connectivity index is 1.72. The molecule has 0 spiro atoms. The highest BCUT2D eigenvalue weighted by atomic mass is 32.2. The highest BCUT2D eigenvalue weighted by Gasteiger charge is 2.20. The summed E-state index contributed by atoms with van der Waals surface area (Å²) in [5, 5.41) is 13.0. The number of nitrogens with two attached hydrogens (primary N) is 1. The van der Waals surface area contributed by atoms with E-state index in [2.05, 4.69) is 27.3 Å². The molecular weight excluding hydrogens is 336 g/mol. The maximum Gasteiger partial charge on any atom is 0.239 e. The highest BCUT2D eigenvalue weighted by Crippen LogP contribution is 2.33. The van der Waals surface area contributed by atoms with Crippen molar-refractivity contribution in [3.8, 4) is 11.4 Å². The second-order valence-electron chi connectivity index (χ2n) is 5.95. The van der Waals surface area contributed by atoms with Crippen LogP contribution >= 0.6 is 11.8 Å². The van der Waals surface area contributed by atoms with Gasteiger partial charge in [-0.2, -0.15) is 4.98 Å². The van der Waals surface area contributed by atoms with Gasteiger partial charge in [0.25, 0.3) is 0 Å². The van der Waals surface area contributed by atoms with Crippen molar-refractivity contribution in [2.24, 2.45) is 0 Å². The largest absolute Gasteiger partial charge is 0.338 e. The SMILES string of the molecule is CCCCc1noc(C(C)Sc2nnc(-c3ccc(C)cc3)n2N)n1. The maximum atomic E-state index is 6.17. The summed E-state index contributed by atoms with van der Waals surface area (Å²) in [4.78, 5) is 4.45. The van der Waals surface area contributed by atoms with E-state index in [1.807, 2.05) is 38.1 Å². The van der Waals surface area contributed by atoms with Gasteiger partial charge in [-0.25, -0.2) is 4.68 Å². The summed E-state index contributed by atoms with van der Waals surface area (Å²) in [6, 6.07) is 8.02. The molecule has 2 heterocycles. The lowest BCUT2D eigenvalue weighted by molar-refractivity contribution is 0.374. The minimum atomic E-state index is -0.0553. The molecule has 1 atom stereocenters. The number of aromatic nitrogens is 5. The molecule has 3 rings (SSSR count). The average molecular weight is 358 g/mol. The average Bonchev–Trinajstić information content (AvgIpc) is 3.22. The van der Waals surface area contributed by atoms with Gasteiger partial charge in [0.1, 0.15) is 0 Å². The molecule has 0 saturated heterocycles. The van der Waals surface area contributed by atoms with Crippen LogP contribution in [-0.2, 0) is 6.42 Å². The Morgan fingerprint density at radius 1 is 1.24 bits per heavy atom. The third-order valence-corrected chi connectivity index (χ3v) is 4.89. The normalized spacial score (nSPS) is 12.4. The zero-order chi connectivity index (χ0) is 17.8. The third kappa shape index (κ3) is 4.01. The fourth-order valence-corrected chi connectivity index (χ4v) is 3.14. The van der Waals surface area contributed by atoms with Crippen molar-refractivity contribution in [2.75, 3.05) is 5.84 Å². The molecule has 3 aromatic rings. The summed E-state index contributed by atoms with van der Waals surface area (Å²) in [7, 11) is 0. The molecule has 0 bridgehead atoms. The Morgan fingerprint density at radius 3 is 2.72 bits per heavy atom. The monoisotopic (exact) mass is 358 g/mol. The molecule has 0 saturated carbocycles. The Hall–Kier alpha value is -2.35. The fourth-order valence-electron chi connectivity index (χ4n) is 2.33.